The van der Waals surface area contributed by atoms with E-state index < -0.39 is 0 Å². The zero-order valence-electron chi connectivity index (χ0n) is 9.70. The van der Waals surface area contributed by atoms with E-state index in [2.05, 4.69) is 4.98 Å². The second kappa shape index (κ2) is 4.98. The summed E-state index contributed by atoms with van der Waals surface area (Å²) in [4.78, 5) is 4.37. The molecule has 15 heavy (non-hydrogen) atoms. The molecule has 2 N–H and O–H groups in total. The van der Waals surface area contributed by atoms with Crippen LogP contribution < -0.4 is 15.2 Å². The molecule has 0 radical (unpaired) electrons. The molecule has 1 atom stereocenters. The number of pyridine rings is 1. The third-order valence-electron chi connectivity index (χ3n) is 2.13. The second-order valence-corrected chi connectivity index (χ2v) is 3.64. The maximum absolute atomic E-state index is 5.74. The van der Waals surface area contributed by atoms with Gasteiger partial charge in [-0.05, 0) is 19.9 Å². The first-order valence-corrected chi connectivity index (χ1v) is 4.92. The Morgan fingerprint density at radius 3 is 2.53 bits per heavy atom. The van der Waals surface area contributed by atoms with Crippen molar-refractivity contribution in [3.05, 3.63) is 17.3 Å². The van der Waals surface area contributed by atoms with E-state index in [1.807, 2.05) is 19.9 Å². The van der Waals surface area contributed by atoms with Crippen molar-refractivity contribution in [1.82, 2.24) is 4.98 Å². The van der Waals surface area contributed by atoms with Crippen LogP contribution in [-0.2, 0) is 6.42 Å². The molecule has 0 aliphatic rings. The van der Waals surface area contributed by atoms with Gasteiger partial charge in [0, 0.05) is 18.0 Å². The molecule has 0 fully saturated rings. The highest BCUT2D eigenvalue weighted by atomic mass is 16.5. The van der Waals surface area contributed by atoms with Crippen molar-refractivity contribution in [3.63, 3.8) is 0 Å². The Labute approximate surface area is 90.4 Å². The summed E-state index contributed by atoms with van der Waals surface area (Å²) >= 11 is 0. The zero-order valence-corrected chi connectivity index (χ0v) is 9.70. The van der Waals surface area contributed by atoms with E-state index in [1.165, 1.54) is 0 Å². The van der Waals surface area contributed by atoms with Gasteiger partial charge in [0.25, 0.3) is 0 Å². The summed E-state index contributed by atoms with van der Waals surface area (Å²) in [6.45, 7) is 3.87. The van der Waals surface area contributed by atoms with Crippen molar-refractivity contribution < 1.29 is 9.47 Å². The van der Waals surface area contributed by atoms with E-state index in [4.69, 9.17) is 15.2 Å². The van der Waals surface area contributed by atoms with Gasteiger partial charge in [0.15, 0.2) is 0 Å². The molecule has 0 aliphatic heterocycles. The molecule has 4 nitrogen and oxygen atoms in total. The molecule has 1 rings (SSSR count). The third-order valence-corrected chi connectivity index (χ3v) is 2.13. The lowest BCUT2D eigenvalue weighted by Crippen LogP contribution is -2.19. The Bertz CT molecular complexity index is 338. The van der Waals surface area contributed by atoms with Crippen molar-refractivity contribution >= 4 is 0 Å². The lowest BCUT2D eigenvalue weighted by molar-refractivity contribution is 0.378. The topological polar surface area (TPSA) is 57.4 Å². The van der Waals surface area contributed by atoms with Crippen LogP contribution in [0, 0.1) is 6.92 Å². The summed E-state index contributed by atoms with van der Waals surface area (Å²) in [6, 6.07) is 1.97. The first-order valence-electron chi connectivity index (χ1n) is 4.92. The van der Waals surface area contributed by atoms with E-state index in [9.17, 15) is 0 Å². The predicted octanol–water partition coefficient (Wildman–Crippen LogP) is 1.30. The monoisotopic (exact) mass is 210 g/mol. The molecule has 1 unspecified atom stereocenters. The Kier molecular flexibility index (Phi) is 3.91. The van der Waals surface area contributed by atoms with Gasteiger partial charge in [-0.1, -0.05) is 0 Å². The quantitative estimate of drug-likeness (QED) is 0.813. The van der Waals surface area contributed by atoms with E-state index in [-0.39, 0.29) is 6.04 Å². The fraction of sp³-hybridized carbons (Fsp3) is 0.545. The number of hydrogen-bond acceptors (Lipinski definition) is 4. The predicted molar refractivity (Wildman–Crippen MR) is 59.4 cm³/mol. The Morgan fingerprint density at radius 1 is 1.40 bits per heavy atom. The van der Waals surface area contributed by atoms with Gasteiger partial charge in [-0.15, -0.1) is 0 Å². The van der Waals surface area contributed by atoms with E-state index in [1.54, 1.807) is 14.2 Å². The molecular formula is C11H18N2O2. The van der Waals surface area contributed by atoms with Gasteiger partial charge in [0.2, 0.25) is 5.88 Å². The summed E-state index contributed by atoms with van der Waals surface area (Å²) in [7, 11) is 3.24. The number of methoxy groups -OCH3 is 2. The first kappa shape index (κ1) is 11.8. The summed E-state index contributed by atoms with van der Waals surface area (Å²) in [5, 5.41) is 0. The van der Waals surface area contributed by atoms with Gasteiger partial charge in [-0.25, -0.2) is 4.98 Å². The van der Waals surface area contributed by atoms with Gasteiger partial charge in [-0.3, -0.25) is 0 Å². The molecule has 1 heterocycles. The SMILES string of the molecule is COc1cc(C)c(OC)nc1CC(C)N. The fourth-order valence-electron chi connectivity index (χ4n) is 1.44. The molecular weight excluding hydrogens is 192 g/mol. The minimum Gasteiger partial charge on any atom is -0.495 e. The number of nitrogens with two attached hydrogens (primary N) is 1. The molecule has 0 spiro atoms. The number of aryl methyl sites for hydroxylation is 1. The number of nitrogens with zero attached hydrogens (tertiary/aromatic N) is 1. The Morgan fingerprint density at radius 2 is 2.07 bits per heavy atom. The first-order chi connectivity index (χ1) is 7.08. The van der Waals surface area contributed by atoms with Crippen LogP contribution >= 0.6 is 0 Å². The molecule has 0 aliphatic carbocycles. The minimum atomic E-state index is 0.0545. The molecule has 0 aromatic carbocycles. The number of ether oxygens (including phenoxy) is 2. The molecule has 0 saturated carbocycles. The molecule has 1 aromatic heterocycles. The van der Waals surface area contributed by atoms with Crippen molar-refractivity contribution in [1.29, 1.82) is 0 Å². The van der Waals surface area contributed by atoms with Gasteiger partial charge in [-0.2, -0.15) is 0 Å². The molecule has 1 aromatic rings. The average molecular weight is 210 g/mol. The van der Waals surface area contributed by atoms with Crippen LogP contribution in [0.5, 0.6) is 11.6 Å². The molecule has 0 bridgehead atoms. The van der Waals surface area contributed by atoms with Gasteiger partial charge >= 0.3 is 0 Å². The van der Waals surface area contributed by atoms with Crippen molar-refractivity contribution in [2.24, 2.45) is 5.73 Å². The average Bonchev–Trinajstić information content (AvgIpc) is 2.19. The number of hydrogen-bond donors (Lipinski definition) is 1. The van der Waals surface area contributed by atoms with Crippen LogP contribution in [0.1, 0.15) is 18.2 Å². The van der Waals surface area contributed by atoms with Crippen molar-refractivity contribution in [2.45, 2.75) is 26.3 Å². The lowest BCUT2D eigenvalue weighted by atomic mass is 10.1. The Hall–Kier alpha value is -1.29. The molecule has 84 valence electrons. The molecule has 4 heteroatoms. The van der Waals surface area contributed by atoms with Gasteiger partial charge in [0.1, 0.15) is 5.75 Å². The molecule has 0 amide bonds. The van der Waals surface area contributed by atoms with Gasteiger partial charge < -0.3 is 15.2 Å². The van der Waals surface area contributed by atoms with Crippen LogP contribution in [-0.4, -0.2) is 25.2 Å². The number of aromatic nitrogens is 1. The minimum absolute atomic E-state index is 0.0545. The summed E-state index contributed by atoms with van der Waals surface area (Å²) in [5.41, 5.74) is 7.54. The van der Waals surface area contributed by atoms with Crippen molar-refractivity contribution in [3.8, 4) is 11.6 Å². The standard InChI is InChI=1S/C11H18N2O2/c1-7-5-10(14-3)9(6-8(2)12)13-11(7)15-4/h5,8H,6,12H2,1-4H3. The number of rotatable bonds is 4. The summed E-state index contributed by atoms with van der Waals surface area (Å²) in [6.07, 6.45) is 0.680. The highest BCUT2D eigenvalue weighted by Crippen LogP contribution is 2.25. The van der Waals surface area contributed by atoms with E-state index >= 15 is 0 Å². The normalized spacial score (nSPS) is 12.3. The lowest BCUT2D eigenvalue weighted by Gasteiger charge is -2.13. The summed E-state index contributed by atoms with van der Waals surface area (Å²) < 4.78 is 10.4. The van der Waals surface area contributed by atoms with Crippen LogP contribution in [0.4, 0.5) is 0 Å². The maximum Gasteiger partial charge on any atom is 0.216 e. The summed E-state index contributed by atoms with van der Waals surface area (Å²) in [5.74, 6) is 1.40. The smallest absolute Gasteiger partial charge is 0.216 e. The van der Waals surface area contributed by atoms with Gasteiger partial charge in [0.05, 0.1) is 19.9 Å². The molecule has 0 saturated heterocycles. The van der Waals surface area contributed by atoms with Crippen LogP contribution in [0.3, 0.4) is 0 Å². The highest BCUT2D eigenvalue weighted by molar-refractivity contribution is 5.38. The fourth-order valence-corrected chi connectivity index (χ4v) is 1.44. The van der Waals surface area contributed by atoms with Crippen molar-refractivity contribution in [2.75, 3.05) is 14.2 Å². The second-order valence-electron chi connectivity index (χ2n) is 3.64. The van der Waals surface area contributed by atoms with Crippen LogP contribution in [0.15, 0.2) is 6.07 Å². The van der Waals surface area contributed by atoms with E-state index in [0.29, 0.717) is 12.3 Å². The van der Waals surface area contributed by atoms with E-state index in [0.717, 1.165) is 17.0 Å². The Balaban J connectivity index is 3.10. The maximum atomic E-state index is 5.74. The largest absolute Gasteiger partial charge is 0.495 e. The van der Waals surface area contributed by atoms with Crippen LogP contribution in [0.25, 0.3) is 0 Å². The third kappa shape index (κ3) is 2.83. The zero-order chi connectivity index (χ0) is 11.4. The van der Waals surface area contributed by atoms with Crippen LogP contribution in [0.2, 0.25) is 0 Å². The highest BCUT2D eigenvalue weighted by Gasteiger charge is 2.11.